The summed E-state index contributed by atoms with van der Waals surface area (Å²) in [5.41, 5.74) is 2.11. The first-order chi connectivity index (χ1) is 26.3. The number of nitrogens with one attached hydrogen (secondary N) is 2. The molecule has 0 heterocycles. The highest BCUT2D eigenvalue weighted by atomic mass is 32.2. The van der Waals surface area contributed by atoms with E-state index in [0.29, 0.717) is 19.4 Å². The number of esters is 2. The second kappa shape index (κ2) is 29.3. The Morgan fingerprint density at radius 2 is 0.927 bits per heavy atom. The van der Waals surface area contributed by atoms with Crippen LogP contribution in [0.25, 0.3) is 21.5 Å². The zero-order valence-electron chi connectivity index (χ0n) is 33.4. The molecule has 4 aromatic carbocycles. The minimum absolute atomic E-state index is 0.0385. The molecule has 4 aromatic rings. The molecule has 0 fully saturated rings. The molecule has 55 heavy (non-hydrogen) atoms. The molecular formula is C41H54N2O10S2. The smallest absolute Gasteiger partial charge is 0.325 e. The zero-order valence-corrected chi connectivity index (χ0v) is 35.0. The number of benzene rings is 4. The topological polar surface area (TPSA) is 163 Å². The van der Waals surface area contributed by atoms with Gasteiger partial charge >= 0.3 is 11.9 Å². The fourth-order valence-corrected chi connectivity index (χ4v) is 4.80. The van der Waals surface area contributed by atoms with Gasteiger partial charge in [0.2, 0.25) is 11.8 Å². The zero-order chi connectivity index (χ0) is 41.8. The van der Waals surface area contributed by atoms with Crippen molar-refractivity contribution in [3.8, 4) is 11.5 Å². The molecule has 0 aliphatic heterocycles. The van der Waals surface area contributed by atoms with Gasteiger partial charge < -0.3 is 29.6 Å². The van der Waals surface area contributed by atoms with Crippen LogP contribution >= 0.6 is 23.5 Å². The second-order valence-electron chi connectivity index (χ2n) is 10.8. The Kier molecular flexibility index (Phi) is 26.6. The van der Waals surface area contributed by atoms with Gasteiger partial charge in [0.1, 0.15) is 24.6 Å². The van der Waals surface area contributed by atoms with Gasteiger partial charge in [-0.3, -0.25) is 28.8 Å². The summed E-state index contributed by atoms with van der Waals surface area (Å²) < 4.78 is 19.1. The van der Waals surface area contributed by atoms with Crippen LogP contribution in [0.4, 0.5) is 0 Å². The first-order valence-corrected chi connectivity index (χ1v) is 19.7. The summed E-state index contributed by atoms with van der Waals surface area (Å²) in [6.45, 7) is 8.65. The van der Waals surface area contributed by atoms with Gasteiger partial charge in [-0.05, 0) is 76.4 Å². The van der Waals surface area contributed by atoms with Crippen molar-refractivity contribution in [3.05, 3.63) is 83.9 Å². The molecule has 0 saturated carbocycles. The summed E-state index contributed by atoms with van der Waals surface area (Å²) in [5.74, 6) is 0.396. The van der Waals surface area contributed by atoms with Crippen LogP contribution in [0, 0.1) is 0 Å². The molecule has 0 aromatic heterocycles. The van der Waals surface area contributed by atoms with Gasteiger partial charge in [-0.15, -0.1) is 0 Å². The highest BCUT2D eigenvalue weighted by molar-refractivity contribution is 8.13. The van der Waals surface area contributed by atoms with Crippen LogP contribution in [0.15, 0.2) is 72.8 Å². The van der Waals surface area contributed by atoms with Crippen molar-refractivity contribution in [2.45, 2.75) is 47.5 Å². The van der Waals surface area contributed by atoms with Gasteiger partial charge in [0, 0.05) is 26.7 Å². The van der Waals surface area contributed by atoms with Gasteiger partial charge in [-0.2, -0.15) is 0 Å². The van der Waals surface area contributed by atoms with E-state index in [9.17, 15) is 28.8 Å². The van der Waals surface area contributed by atoms with Crippen molar-refractivity contribution in [2.24, 2.45) is 0 Å². The number of thioether (sulfide) groups is 2. The molecule has 0 bridgehead atoms. The Balaban J connectivity index is 0.000000724. The largest absolute Gasteiger partial charge is 0.497 e. The number of ether oxygens (including phenoxy) is 4. The number of rotatable bonds is 11. The maximum atomic E-state index is 11.4. The Labute approximate surface area is 332 Å². The highest BCUT2D eigenvalue weighted by Gasteiger charge is 2.05. The number of amides is 2. The molecule has 300 valence electrons. The Morgan fingerprint density at radius 1 is 0.564 bits per heavy atom. The summed E-state index contributed by atoms with van der Waals surface area (Å²) in [5, 5.41) is 9.52. The average Bonchev–Trinajstić information content (AvgIpc) is 3.20. The summed E-state index contributed by atoms with van der Waals surface area (Å²) in [4.78, 5) is 63.9. The van der Waals surface area contributed by atoms with Crippen molar-refractivity contribution < 1.29 is 47.7 Å². The fourth-order valence-electron chi connectivity index (χ4n) is 4.18. The highest BCUT2D eigenvalue weighted by Crippen LogP contribution is 2.23. The predicted molar refractivity (Wildman–Crippen MR) is 223 cm³/mol. The molecule has 0 atom stereocenters. The summed E-state index contributed by atoms with van der Waals surface area (Å²) in [6.07, 6.45) is 4.61. The monoisotopic (exact) mass is 798 g/mol. The van der Waals surface area contributed by atoms with E-state index in [0.717, 1.165) is 44.2 Å². The molecule has 12 nitrogen and oxygen atoms in total. The van der Waals surface area contributed by atoms with Crippen molar-refractivity contribution in [1.82, 2.24) is 10.6 Å². The third-order valence-corrected chi connectivity index (χ3v) is 8.07. The quantitative estimate of drug-likeness (QED) is 0.157. The molecule has 2 N–H and O–H groups in total. The van der Waals surface area contributed by atoms with Crippen LogP contribution in [-0.4, -0.2) is 87.5 Å². The van der Waals surface area contributed by atoms with E-state index in [4.69, 9.17) is 9.47 Å². The van der Waals surface area contributed by atoms with Crippen LogP contribution in [0.5, 0.6) is 11.5 Å². The standard InChI is InChI=1S/2C14H14O2S.C6H11NO3.C5H9NO3.C2H6/c2*1-16-13-6-5-11-7-10(8-14(15)17-2)3-4-12(11)9-13;1-3-10-6(9)4-7-5(2)8;1-4(7)6-3-5(8)9-2;1-2/h2*3-7,9H,8H2,1-2H3;3-4H2,1-2H3,(H,7,8);3H2,1-2H3,(H,6,7);1-2H3. The molecule has 0 spiro atoms. The van der Waals surface area contributed by atoms with Crippen LogP contribution in [0.1, 0.15) is 45.7 Å². The van der Waals surface area contributed by atoms with E-state index in [2.05, 4.69) is 32.2 Å². The number of carbonyl (C=O) groups is 6. The molecule has 0 unspecified atom stereocenters. The third-order valence-electron chi connectivity index (χ3n) is 6.87. The minimum atomic E-state index is -0.440. The van der Waals surface area contributed by atoms with Crippen molar-refractivity contribution in [3.63, 3.8) is 0 Å². The van der Waals surface area contributed by atoms with Gasteiger partial charge in [0.05, 0.1) is 27.9 Å². The molecule has 0 saturated heterocycles. The summed E-state index contributed by atoms with van der Waals surface area (Å²) in [6, 6.07) is 24.1. The van der Waals surface area contributed by atoms with E-state index in [1.54, 1.807) is 21.1 Å². The fraction of sp³-hybridized carbons (Fsp3) is 0.366. The molecular weight excluding hydrogens is 745 g/mol. The average molecular weight is 799 g/mol. The lowest BCUT2D eigenvalue weighted by Gasteiger charge is -2.04. The maximum absolute atomic E-state index is 11.4. The summed E-state index contributed by atoms with van der Waals surface area (Å²) >= 11 is 2.54. The maximum Gasteiger partial charge on any atom is 0.325 e. The first kappa shape index (κ1) is 49.9. The number of hydrogen-bond donors (Lipinski definition) is 2. The van der Waals surface area contributed by atoms with Crippen molar-refractivity contribution in [1.29, 1.82) is 0 Å². The van der Waals surface area contributed by atoms with E-state index in [1.807, 2.05) is 87.0 Å². The van der Waals surface area contributed by atoms with Crippen molar-refractivity contribution in [2.75, 3.05) is 53.5 Å². The molecule has 14 heteroatoms. The third kappa shape index (κ3) is 22.0. The van der Waals surface area contributed by atoms with E-state index < -0.39 is 11.9 Å². The molecule has 2 amide bonds. The van der Waals surface area contributed by atoms with Crippen LogP contribution in [-0.2, 0) is 51.1 Å². The van der Waals surface area contributed by atoms with Crippen LogP contribution in [0.3, 0.4) is 0 Å². The van der Waals surface area contributed by atoms with Gasteiger partial charge in [0.25, 0.3) is 0 Å². The number of carbonyl (C=O) groups excluding carboxylic acids is 6. The van der Waals surface area contributed by atoms with Crippen LogP contribution in [0.2, 0.25) is 0 Å². The lowest BCUT2D eigenvalue weighted by Crippen LogP contribution is -2.28. The molecule has 0 aliphatic carbocycles. The van der Waals surface area contributed by atoms with Gasteiger partial charge in [-0.25, -0.2) is 0 Å². The van der Waals surface area contributed by atoms with Crippen molar-refractivity contribution >= 4 is 79.1 Å². The normalized spacial score (nSPS) is 9.49. The van der Waals surface area contributed by atoms with E-state index in [1.165, 1.54) is 44.5 Å². The van der Waals surface area contributed by atoms with E-state index >= 15 is 0 Å². The number of hydrogen-bond acceptors (Lipinski definition) is 12. The predicted octanol–water partition coefficient (Wildman–Crippen LogP) is 6.57. The lowest BCUT2D eigenvalue weighted by atomic mass is 10.1. The Hall–Kier alpha value is -5.08. The summed E-state index contributed by atoms with van der Waals surface area (Å²) in [7, 11) is 4.59. The SMILES string of the molecule is CC.CCOC(=O)CNC(C)=O.COC(=O)CNC(C)=O.COc1ccc2cc(CC(=O)SC)ccc2c1.COc1ccc2cc(CC(=O)SC)ccc2c1. The number of methoxy groups -OCH3 is 3. The lowest BCUT2D eigenvalue weighted by molar-refractivity contribution is -0.143. The molecule has 0 aliphatic rings. The Bertz CT molecular complexity index is 1730. The molecule has 0 radical (unpaired) electrons. The Morgan fingerprint density at radius 3 is 1.25 bits per heavy atom. The minimum Gasteiger partial charge on any atom is -0.497 e. The van der Waals surface area contributed by atoms with Gasteiger partial charge in [-0.1, -0.05) is 85.9 Å². The number of fused-ring (bicyclic) bond motifs is 2. The van der Waals surface area contributed by atoms with E-state index in [-0.39, 0.29) is 35.1 Å². The first-order valence-electron chi connectivity index (χ1n) is 17.3. The van der Waals surface area contributed by atoms with Crippen LogP contribution < -0.4 is 20.1 Å². The second-order valence-corrected chi connectivity index (χ2v) is 12.5. The molecule has 4 rings (SSSR count). The van der Waals surface area contributed by atoms with Gasteiger partial charge in [0.15, 0.2) is 10.2 Å².